The molecular weight excluding hydrogens is 518 g/mol. The van der Waals surface area contributed by atoms with Crippen molar-refractivity contribution < 1.29 is 9.59 Å². The number of hydrogen-bond acceptors (Lipinski definition) is 6. The third-order valence-corrected chi connectivity index (χ3v) is 6.35. The fourth-order valence-electron chi connectivity index (χ4n) is 4.04. The predicted molar refractivity (Wildman–Crippen MR) is 148 cm³/mol. The smallest absolute Gasteiger partial charge is 0.272 e. The molecular formula is C28H22ClN7O3. The minimum atomic E-state index is -1.28. The average molecular weight is 540 g/mol. The second kappa shape index (κ2) is 11.1. The summed E-state index contributed by atoms with van der Waals surface area (Å²) in [7, 11) is 0. The number of aryl methyl sites for hydroxylation is 1. The molecule has 2 aromatic heterocycles. The highest BCUT2D eigenvalue weighted by atomic mass is 35.5. The zero-order valence-electron chi connectivity index (χ0n) is 20.6. The lowest BCUT2D eigenvalue weighted by molar-refractivity contribution is -0.123. The number of fused-ring (bicyclic) bond motifs is 1. The van der Waals surface area contributed by atoms with Crippen LogP contribution in [0.5, 0.6) is 0 Å². The van der Waals surface area contributed by atoms with E-state index in [9.17, 15) is 14.4 Å². The predicted octanol–water partition coefficient (Wildman–Crippen LogP) is 3.69. The van der Waals surface area contributed by atoms with Crippen molar-refractivity contribution in [2.45, 2.75) is 13.0 Å². The molecule has 0 fully saturated rings. The van der Waals surface area contributed by atoms with E-state index in [1.807, 2.05) is 30.3 Å². The van der Waals surface area contributed by atoms with Gasteiger partial charge in [0.2, 0.25) is 0 Å². The first-order chi connectivity index (χ1) is 18.9. The molecule has 2 heterocycles. The van der Waals surface area contributed by atoms with Crippen LogP contribution in [0.4, 0.5) is 0 Å². The summed E-state index contributed by atoms with van der Waals surface area (Å²) in [6, 6.07) is 23.2. The van der Waals surface area contributed by atoms with Crippen LogP contribution in [0.2, 0.25) is 5.15 Å². The summed E-state index contributed by atoms with van der Waals surface area (Å²) in [5.41, 5.74) is 4.44. The van der Waals surface area contributed by atoms with Gasteiger partial charge in [-0.1, -0.05) is 66.2 Å². The zero-order valence-corrected chi connectivity index (χ0v) is 21.4. The second-order valence-electron chi connectivity index (χ2n) is 8.53. The van der Waals surface area contributed by atoms with Crippen LogP contribution in [0.15, 0.2) is 94.8 Å². The maximum absolute atomic E-state index is 13.4. The topological polar surface area (TPSA) is 134 Å². The fourth-order valence-corrected chi connectivity index (χ4v) is 4.36. The molecule has 0 saturated heterocycles. The Morgan fingerprint density at radius 1 is 0.974 bits per heavy atom. The number of nitrogens with one attached hydrogen (secondary N) is 3. The van der Waals surface area contributed by atoms with Crippen molar-refractivity contribution in [3.63, 3.8) is 0 Å². The van der Waals surface area contributed by atoms with Gasteiger partial charge in [0, 0.05) is 10.9 Å². The molecule has 3 aromatic carbocycles. The Morgan fingerprint density at radius 2 is 1.62 bits per heavy atom. The molecule has 5 aromatic rings. The van der Waals surface area contributed by atoms with E-state index in [0.29, 0.717) is 32.7 Å². The van der Waals surface area contributed by atoms with E-state index < -0.39 is 23.4 Å². The number of hydrazone groups is 1. The number of para-hydroxylation sites is 1. The molecule has 0 bridgehead atoms. The van der Waals surface area contributed by atoms with Gasteiger partial charge in [-0.15, -0.1) is 0 Å². The van der Waals surface area contributed by atoms with E-state index >= 15 is 0 Å². The Balaban J connectivity index is 1.45. The molecule has 3 N–H and O–H groups in total. The maximum Gasteiger partial charge on any atom is 0.272 e. The molecule has 0 saturated carbocycles. The molecule has 39 heavy (non-hydrogen) atoms. The lowest BCUT2D eigenvalue weighted by Gasteiger charge is -2.18. The maximum atomic E-state index is 13.4. The summed E-state index contributed by atoms with van der Waals surface area (Å²) in [6.07, 6.45) is 1.39. The molecule has 0 aliphatic carbocycles. The molecule has 2 amide bonds. The number of rotatable bonds is 7. The summed E-state index contributed by atoms with van der Waals surface area (Å²) in [6.45, 7) is 1.77. The number of H-pyrrole nitrogens is 1. The van der Waals surface area contributed by atoms with Crippen molar-refractivity contribution in [3.8, 4) is 5.69 Å². The standard InChI is InChI=1S/C28H22ClN7O3/c1-17-22(25(29)36(35-17)19-12-6-3-7-13-19)16-30-33-28(39)24(31-26(37)18-10-4-2-5-11-18)23-20-14-8-9-15-21(20)27(38)34-32-23/h2-16,24H,1H3,(H,31,37)(H,33,39)(H,34,38)/b30-16+. The van der Waals surface area contributed by atoms with Crippen LogP contribution in [0, 0.1) is 6.92 Å². The van der Waals surface area contributed by atoms with Crippen LogP contribution in [0.1, 0.15) is 33.4 Å². The van der Waals surface area contributed by atoms with Gasteiger partial charge in [-0.05, 0) is 37.3 Å². The normalized spacial score (nSPS) is 11.9. The largest absolute Gasteiger partial charge is 0.335 e. The number of aromatic nitrogens is 4. The van der Waals surface area contributed by atoms with Gasteiger partial charge in [-0.2, -0.15) is 15.3 Å². The Hall–Kier alpha value is -5.09. The van der Waals surface area contributed by atoms with Crippen molar-refractivity contribution in [1.82, 2.24) is 30.7 Å². The van der Waals surface area contributed by atoms with Crippen LogP contribution in [-0.4, -0.2) is 38.0 Å². The number of aromatic amines is 1. The highest BCUT2D eigenvalue weighted by Crippen LogP contribution is 2.23. The Morgan fingerprint density at radius 3 is 2.33 bits per heavy atom. The van der Waals surface area contributed by atoms with E-state index in [4.69, 9.17) is 11.6 Å². The zero-order chi connectivity index (χ0) is 27.4. The number of carbonyl (C=O) groups is 2. The number of benzene rings is 3. The van der Waals surface area contributed by atoms with Gasteiger partial charge in [-0.25, -0.2) is 15.2 Å². The molecule has 10 nitrogen and oxygen atoms in total. The summed E-state index contributed by atoms with van der Waals surface area (Å²) in [5, 5.41) is 18.8. The molecule has 1 unspecified atom stereocenters. The Bertz CT molecular complexity index is 1750. The first-order valence-electron chi connectivity index (χ1n) is 11.9. The van der Waals surface area contributed by atoms with Crippen molar-refractivity contribution in [2.75, 3.05) is 0 Å². The van der Waals surface area contributed by atoms with Gasteiger partial charge in [0.1, 0.15) is 10.8 Å². The number of nitrogens with zero attached hydrogens (tertiary/aromatic N) is 4. The molecule has 0 aliphatic rings. The molecule has 0 radical (unpaired) electrons. The third-order valence-electron chi connectivity index (χ3n) is 5.99. The van der Waals surface area contributed by atoms with E-state index in [1.54, 1.807) is 66.2 Å². The first-order valence-corrected chi connectivity index (χ1v) is 12.3. The average Bonchev–Trinajstić information content (AvgIpc) is 3.26. The van der Waals surface area contributed by atoms with E-state index in [2.05, 4.69) is 31.1 Å². The van der Waals surface area contributed by atoms with Gasteiger partial charge in [0.25, 0.3) is 17.4 Å². The summed E-state index contributed by atoms with van der Waals surface area (Å²) in [5.74, 6) is -1.18. The van der Waals surface area contributed by atoms with Crippen LogP contribution in [-0.2, 0) is 4.79 Å². The van der Waals surface area contributed by atoms with Gasteiger partial charge in [0.05, 0.1) is 28.5 Å². The highest BCUT2D eigenvalue weighted by molar-refractivity contribution is 6.32. The van der Waals surface area contributed by atoms with Crippen molar-refractivity contribution in [1.29, 1.82) is 0 Å². The minimum absolute atomic E-state index is 0.160. The second-order valence-corrected chi connectivity index (χ2v) is 8.89. The Kier molecular flexibility index (Phi) is 7.28. The quantitative estimate of drug-likeness (QED) is 0.214. The summed E-state index contributed by atoms with van der Waals surface area (Å²) in [4.78, 5) is 38.7. The monoisotopic (exact) mass is 539 g/mol. The highest BCUT2D eigenvalue weighted by Gasteiger charge is 2.27. The summed E-state index contributed by atoms with van der Waals surface area (Å²) < 4.78 is 1.57. The van der Waals surface area contributed by atoms with E-state index in [-0.39, 0.29) is 5.69 Å². The molecule has 5 rings (SSSR count). The van der Waals surface area contributed by atoms with Crippen molar-refractivity contribution in [2.24, 2.45) is 5.10 Å². The van der Waals surface area contributed by atoms with Crippen molar-refractivity contribution in [3.05, 3.63) is 123 Å². The fraction of sp³-hybridized carbons (Fsp3) is 0.0714. The molecule has 11 heteroatoms. The molecule has 0 spiro atoms. The SMILES string of the molecule is Cc1nn(-c2ccccc2)c(Cl)c1/C=N/NC(=O)C(NC(=O)c1ccccc1)c1n[nH]c(=O)c2ccccc12. The van der Waals surface area contributed by atoms with Crippen LogP contribution in [0.25, 0.3) is 16.5 Å². The van der Waals surface area contributed by atoms with Crippen LogP contribution < -0.4 is 16.3 Å². The lowest BCUT2D eigenvalue weighted by atomic mass is 10.0. The molecule has 0 aliphatic heterocycles. The number of hydrogen-bond donors (Lipinski definition) is 3. The van der Waals surface area contributed by atoms with Crippen LogP contribution >= 0.6 is 11.6 Å². The van der Waals surface area contributed by atoms with E-state index in [1.165, 1.54) is 6.21 Å². The number of carbonyl (C=O) groups excluding carboxylic acids is 2. The minimum Gasteiger partial charge on any atom is -0.335 e. The van der Waals surface area contributed by atoms with Gasteiger partial charge in [-0.3, -0.25) is 14.4 Å². The lowest BCUT2D eigenvalue weighted by Crippen LogP contribution is -2.40. The van der Waals surface area contributed by atoms with Gasteiger partial charge >= 0.3 is 0 Å². The Labute approximate surface area is 227 Å². The van der Waals surface area contributed by atoms with Crippen molar-refractivity contribution >= 4 is 40.4 Å². The molecule has 194 valence electrons. The summed E-state index contributed by atoms with van der Waals surface area (Å²) >= 11 is 6.55. The third kappa shape index (κ3) is 5.32. The van der Waals surface area contributed by atoms with Crippen LogP contribution in [0.3, 0.4) is 0 Å². The molecule has 1 atom stereocenters. The van der Waals surface area contributed by atoms with E-state index in [0.717, 1.165) is 5.69 Å². The first kappa shape index (κ1) is 25.6. The van der Waals surface area contributed by atoms with Gasteiger partial charge < -0.3 is 5.32 Å². The number of amides is 2. The number of halogens is 1. The van der Waals surface area contributed by atoms with Gasteiger partial charge in [0.15, 0.2) is 6.04 Å².